The van der Waals surface area contributed by atoms with Crippen LogP contribution in [0.25, 0.3) is 0 Å². The van der Waals surface area contributed by atoms with Gasteiger partial charge in [0, 0.05) is 12.0 Å². The van der Waals surface area contributed by atoms with E-state index in [2.05, 4.69) is 19.2 Å². The van der Waals surface area contributed by atoms with Gasteiger partial charge in [0.15, 0.2) is 0 Å². The van der Waals surface area contributed by atoms with Crippen molar-refractivity contribution in [2.45, 2.75) is 32.2 Å². The van der Waals surface area contributed by atoms with Crippen LogP contribution >= 0.6 is 12.4 Å². The minimum atomic E-state index is 0. The summed E-state index contributed by atoms with van der Waals surface area (Å²) in [6.07, 6.45) is 2.23. The van der Waals surface area contributed by atoms with E-state index in [1.807, 2.05) is 0 Å². The number of piperidine rings is 1. The van der Waals surface area contributed by atoms with Crippen LogP contribution in [-0.4, -0.2) is 11.4 Å². The third kappa shape index (κ3) is 1.24. The molecule has 2 nitrogen and oxygen atoms in total. The predicted molar refractivity (Wildman–Crippen MR) is 48.4 cm³/mol. The first-order valence-corrected chi connectivity index (χ1v) is 3.97. The maximum Gasteiger partial charge on any atom is 0.0938 e. The molecular formula is C8H15ClN2. The third-order valence-corrected chi connectivity index (χ3v) is 2.95. The highest BCUT2D eigenvalue weighted by Gasteiger charge is 2.55. The first-order valence-electron chi connectivity index (χ1n) is 3.97. The zero-order chi connectivity index (χ0) is 7.35. The third-order valence-electron chi connectivity index (χ3n) is 2.95. The van der Waals surface area contributed by atoms with E-state index in [0.717, 1.165) is 24.1 Å². The standard InChI is InChI=1S/C8H14N2.ClH/c1-5-3-7(9)10-8(2)4-6(5)8;/h5-6H,3-4H2,1-2H3,(H2,9,10);1H/t5?,6-,8-;/m1./s1. The van der Waals surface area contributed by atoms with Crippen molar-refractivity contribution in [1.29, 1.82) is 5.41 Å². The molecule has 1 unspecified atom stereocenters. The Morgan fingerprint density at radius 1 is 1.64 bits per heavy atom. The summed E-state index contributed by atoms with van der Waals surface area (Å²) in [6, 6.07) is 0. The molecule has 1 aliphatic heterocycles. The van der Waals surface area contributed by atoms with Gasteiger partial charge >= 0.3 is 0 Å². The molecule has 1 aliphatic carbocycles. The van der Waals surface area contributed by atoms with E-state index in [1.165, 1.54) is 6.42 Å². The van der Waals surface area contributed by atoms with Gasteiger partial charge in [0.25, 0.3) is 0 Å². The fourth-order valence-electron chi connectivity index (χ4n) is 2.23. The van der Waals surface area contributed by atoms with Gasteiger partial charge in [-0.1, -0.05) is 6.92 Å². The second-order valence-corrected chi connectivity index (χ2v) is 4.01. The van der Waals surface area contributed by atoms with Gasteiger partial charge in [-0.15, -0.1) is 12.4 Å². The number of hydrogen-bond acceptors (Lipinski definition) is 1. The quantitative estimate of drug-likeness (QED) is 0.577. The fourth-order valence-corrected chi connectivity index (χ4v) is 2.23. The van der Waals surface area contributed by atoms with E-state index < -0.39 is 0 Å². The number of rotatable bonds is 0. The Morgan fingerprint density at radius 3 is 2.82 bits per heavy atom. The fraction of sp³-hybridized carbons (Fsp3) is 0.875. The molecule has 0 bridgehead atoms. The molecule has 3 atom stereocenters. The van der Waals surface area contributed by atoms with Crippen LogP contribution in [0.1, 0.15) is 26.7 Å². The van der Waals surface area contributed by atoms with Gasteiger partial charge in [-0.2, -0.15) is 0 Å². The minimum absolute atomic E-state index is 0. The molecule has 3 heteroatoms. The topological polar surface area (TPSA) is 35.9 Å². The van der Waals surface area contributed by atoms with Crippen LogP contribution in [-0.2, 0) is 0 Å². The first-order chi connectivity index (χ1) is 4.62. The molecule has 0 amide bonds. The summed E-state index contributed by atoms with van der Waals surface area (Å²) in [5, 5.41) is 10.7. The Hall–Kier alpha value is -0.240. The highest BCUT2D eigenvalue weighted by Crippen LogP contribution is 2.51. The Kier molecular flexibility index (Phi) is 1.91. The zero-order valence-electron chi connectivity index (χ0n) is 6.98. The smallest absolute Gasteiger partial charge is 0.0938 e. The monoisotopic (exact) mass is 174 g/mol. The van der Waals surface area contributed by atoms with Gasteiger partial charge in [0.05, 0.1) is 5.84 Å². The molecule has 0 aromatic rings. The molecule has 0 aromatic heterocycles. The average Bonchev–Trinajstić information content (AvgIpc) is 2.39. The van der Waals surface area contributed by atoms with Gasteiger partial charge in [0.1, 0.15) is 0 Å². The van der Waals surface area contributed by atoms with Gasteiger partial charge in [0.2, 0.25) is 0 Å². The number of fused-ring (bicyclic) bond motifs is 1. The summed E-state index contributed by atoms with van der Waals surface area (Å²) < 4.78 is 0. The molecule has 1 saturated heterocycles. The molecule has 64 valence electrons. The number of halogens is 1. The molecule has 1 heterocycles. The molecule has 2 N–H and O–H groups in total. The molecule has 0 aromatic carbocycles. The lowest BCUT2D eigenvalue weighted by molar-refractivity contribution is 0.413. The Morgan fingerprint density at radius 2 is 2.27 bits per heavy atom. The number of nitrogens with one attached hydrogen (secondary N) is 2. The Bertz CT molecular complexity index is 193. The number of hydrogen-bond donors (Lipinski definition) is 2. The highest BCUT2D eigenvalue weighted by molar-refractivity contribution is 5.85. The number of amidine groups is 1. The van der Waals surface area contributed by atoms with Crippen LogP contribution in [0.2, 0.25) is 0 Å². The lowest BCUT2D eigenvalue weighted by Crippen LogP contribution is -2.41. The molecular weight excluding hydrogens is 160 g/mol. The normalized spacial score (nSPS) is 46.9. The molecule has 0 radical (unpaired) electrons. The van der Waals surface area contributed by atoms with E-state index in [1.54, 1.807) is 0 Å². The summed E-state index contributed by atoms with van der Waals surface area (Å²) in [4.78, 5) is 0. The molecule has 0 spiro atoms. The maximum absolute atomic E-state index is 7.49. The molecule has 2 rings (SSSR count). The van der Waals surface area contributed by atoms with Crippen molar-refractivity contribution in [3.05, 3.63) is 0 Å². The van der Waals surface area contributed by atoms with Crippen molar-refractivity contribution >= 4 is 18.2 Å². The largest absolute Gasteiger partial charge is 0.369 e. The Balaban J connectivity index is 0.000000605. The summed E-state index contributed by atoms with van der Waals surface area (Å²) in [5.41, 5.74) is 0.314. The molecule has 11 heavy (non-hydrogen) atoms. The van der Waals surface area contributed by atoms with Crippen LogP contribution in [0.5, 0.6) is 0 Å². The van der Waals surface area contributed by atoms with Crippen molar-refractivity contribution < 1.29 is 0 Å². The minimum Gasteiger partial charge on any atom is -0.369 e. The second kappa shape index (κ2) is 2.37. The van der Waals surface area contributed by atoms with E-state index in [4.69, 9.17) is 5.41 Å². The van der Waals surface area contributed by atoms with Crippen LogP contribution in [0.15, 0.2) is 0 Å². The summed E-state index contributed by atoms with van der Waals surface area (Å²) in [5.74, 6) is 2.32. The van der Waals surface area contributed by atoms with Crippen molar-refractivity contribution in [3.63, 3.8) is 0 Å². The molecule has 2 aliphatic rings. The Labute approximate surface area is 73.7 Å². The highest BCUT2D eigenvalue weighted by atomic mass is 35.5. The first kappa shape index (κ1) is 8.85. The summed E-state index contributed by atoms with van der Waals surface area (Å²) in [6.45, 7) is 4.48. The second-order valence-electron chi connectivity index (χ2n) is 4.01. The van der Waals surface area contributed by atoms with Crippen LogP contribution in [0, 0.1) is 17.2 Å². The SMILES string of the molecule is CC1CC(=N)N[C@]2(C)C[C@H]12.Cl. The predicted octanol–water partition coefficient (Wildman–Crippen LogP) is 1.79. The lowest BCUT2D eigenvalue weighted by Gasteiger charge is -2.25. The lowest BCUT2D eigenvalue weighted by atomic mass is 9.94. The van der Waals surface area contributed by atoms with E-state index in [0.29, 0.717) is 5.54 Å². The van der Waals surface area contributed by atoms with Gasteiger partial charge < -0.3 is 5.32 Å². The van der Waals surface area contributed by atoms with Crippen LogP contribution < -0.4 is 5.32 Å². The summed E-state index contributed by atoms with van der Waals surface area (Å²) >= 11 is 0. The average molecular weight is 175 g/mol. The summed E-state index contributed by atoms with van der Waals surface area (Å²) in [7, 11) is 0. The van der Waals surface area contributed by atoms with E-state index >= 15 is 0 Å². The van der Waals surface area contributed by atoms with Gasteiger partial charge in [-0.05, 0) is 25.2 Å². The molecule has 2 fully saturated rings. The van der Waals surface area contributed by atoms with E-state index in [9.17, 15) is 0 Å². The van der Waals surface area contributed by atoms with Gasteiger partial charge in [-0.25, -0.2) is 0 Å². The van der Waals surface area contributed by atoms with Crippen LogP contribution in [0.4, 0.5) is 0 Å². The van der Waals surface area contributed by atoms with Crippen LogP contribution in [0.3, 0.4) is 0 Å². The molecule has 1 saturated carbocycles. The van der Waals surface area contributed by atoms with Crippen molar-refractivity contribution in [2.24, 2.45) is 11.8 Å². The van der Waals surface area contributed by atoms with Crippen molar-refractivity contribution in [1.82, 2.24) is 5.32 Å². The van der Waals surface area contributed by atoms with E-state index in [-0.39, 0.29) is 12.4 Å². The zero-order valence-corrected chi connectivity index (χ0v) is 7.79. The van der Waals surface area contributed by atoms with Gasteiger partial charge in [-0.3, -0.25) is 5.41 Å². The van der Waals surface area contributed by atoms with Crippen molar-refractivity contribution in [3.8, 4) is 0 Å². The maximum atomic E-state index is 7.49. The van der Waals surface area contributed by atoms with Crippen molar-refractivity contribution in [2.75, 3.05) is 0 Å².